The lowest BCUT2D eigenvalue weighted by molar-refractivity contribution is -0.138. The molecule has 1 fully saturated rings. The summed E-state index contributed by atoms with van der Waals surface area (Å²) in [5.74, 6) is 0.0442. The monoisotopic (exact) mass is 294 g/mol. The standard InChI is InChI=1S/C15H22N2O2S/c1-2-17(13-7-4-3-5-8-13)15(18)12-19-16-11-14-9-6-10-20-14/h6,9-11,13H,2-5,7-8,12H2,1H3. The van der Waals surface area contributed by atoms with Crippen molar-refractivity contribution in [2.24, 2.45) is 5.16 Å². The van der Waals surface area contributed by atoms with E-state index in [1.165, 1.54) is 19.3 Å². The molecule has 0 N–H and O–H groups in total. The van der Waals surface area contributed by atoms with E-state index in [2.05, 4.69) is 5.16 Å². The number of rotatable bonds is 6. The topological polar surface area (TPSA) is 41.9 Å². The fourth-order valence-electron chi connectivity index (χ4n) is 2.66. The van der Waals surface area contributed by atoms with Crippen molar-refractivity contribution >= 4 is 23.5 Å². The fraction of sp³-hybridized carbons (Fsp3) is 0.600. The number of carbonyl (C=O) groups is 1. The maximum Gasteiger partial charge on any atom is 0.263 e. The summed E-state index contributed by atoms with van der Waals surface area (Å²) >= 11 is 1.59. The molecule has 0 aromatic carbocycles. The zero-order chi connectivity index (χ0) is 14.2. The van der Waals surface area contributed by atoms with Crippen LogP contribution in [0.1, 0.15) is 43.9 Å². The summed E-state index contributed by atoms with van der Waals surface area (Å²) in [6, 6.07) is 4.31. The molecule has 0 saturated heterocycles. The van der Waals surface area contributed by atoms with Crippen LogP contribution in [0.2, 0.25) is 0 Å². The van der Waals surface area contributed by atoms with Crippen molar-refractivity contribution < 1.29 is 9.63 Å². The largest absolute Gasteiger partial charge is 0.386 e. The predicted molar refractivity (Wildman–Crippen MR) is 82.1 cm³/mol. The van der Waals surface area contributed by atoms with Gasteiger partial charge in [-0.05, 0) is 31.2 Å². The molecule has 0 atom stereocenters. The summed E-state index contributed by atoms with van der Waals surface area (Å²) < 4.78 is 0. The number of oxime groups is 1. The third-order valence-electron chi connectivity index (χ3n) is 3.66. The highest BCUT2D eigenvalue weighted by Crippen LogP contribution is 2.22. The Morgan fingerprint density at radius 2 is 2.30 bits per heavy atom. The molecule has 0 aliphatic heterocycles. The summed E-state index contributed by atoms with van der Waals surface area (Å²) in [6.45, 7) is 2.81. The first-order chi connectivity index (χ1) is 9.81. The molecule has 20 heavy (non-hydrogen) atoms. The van der Waals surface area contributed by atoms with Crippen molar-refractivity contribution in [3.63, 3.8) is 0 Å². The van der Waals surface area contributed by atoms with Gasteiger partial charge in [0.15, 0.2) is 6.61 Å². The minimum Gasteiger partial charge on any atom is -0.386 e. The maximum absolute atomic E-state index is 12.2. The molecular weight excluding hydrogens is 272 g/mol. The summed E-state index contributed by atoms with van der Waals surface area (Å²) in [5.41, 5.74) is 0. The van der Waals surface area contributed by atoms with E-state index in [0.717, 1.165) is 24.3 Å². The Morgan fingerprint density at radius 1 is 1.50 bits per heavy atom. The van der Waals surface area contributed by atoms with E-state index in [-0.39, 0.29) is 12.5 Å². The molecule has 2 rings (SSSR count). The van der Waals surface area contributed by atoms with Gasteiger partial charge in [0.2, 0.25) is 0 Å². The van der Waals surface area contributed by atoms with Crippen LogP contribution in [0, 0.1) is 0 Å². The van der Waals surface area contributed by atoms with Gasteiger partial charge in [-0.3, -0.25) is 4.79 Å². The Hall–Kier alpha value is -1.36. The second-order valence-electron chi connectivity index (χ2n) is 4.99. The highest BCUT2D eigenvalue weighted by atomic mass is 32.1. The molecule has 1 aromatic heterocycles. The van der Waals surface area contributed by atoms with Gasteiger partial charge in [0, 0.05) is 17.5 Å². The Morgan fingerprint density at radius 3 is 2.95 bits per heavy atom. The minimum absolute atomic E-state index is 0.0339. The summed E-state index contributed by atoms with van der Waals surface area (Å²) in [4.78, 5) is 20.3. The van der Waals surface area contributed by atoms with Gasteiger partial charge in [0.25, 0.3) is 5.91 Å². The minimum atomic E-state index is 0.0339. The van der Waals surface area contributed by atoms with Gasteiger partial charge in [0.05, 0.1) is 6.21 Å². The van der Waals surface area contributed by atoms with Gasteiger partial charge in [0.1, 0.15) is 0 Å². The molecule has 1 aromatic rings. The highest BCUT2D eigenvalue weighted by Gasteiger charge is 2.24. The van der Waals surface area contributed by atoms with Crippen LogP contribution in [0.15, 0.2) is 22.7 Å². The van der Waals surface area contributed by atoms with Crippen molar-refractivity contribution in [3.8, 4) is 0 Å². The van der Waals surface area contributed by atoms with E-state index < -0.39 is 0 Å². The number of hydrogen-bond donors (Lipinski definition) is 0. The Labute approximate surface area is 124 Å². The van der Waals surface area contributed by atoms with Crippen molar-refractivity contribution in [2.75, 3.05) is 13.2 Å². The molecule has 1 heterocycles. The quantitative estimate of drug-likeness (QED) is 0.597. The fourth-order valence-corrected chi connectivity index (χ4v) is 3.24. The summed E-state index contributed by atoms with van der Waals surface area (Å²) in [5, 5.41) is 5.83. The summed E-state index contributed by atoms with van der Waals surface area (Å²) in [7, 11) is 0. The molecule has 1 aliphatic rings. The number of likely N-dealkylation sites (N-methyl/N-ethyl adjacent to an activating group) is 1. The first-order valence-corrected chi connectivity index (χ1v) is 8.17. The Balaban J connectivity index is 1.77. The lowest BCUT2D eigenvalue weighted by Crippen LogP contribution is -2.42. The second-order valence-corrected chi connectivity index (χ2v) is 5.97. The molecule has 0 spiro atoms. The first-order valence-electron chi connectivity index (χ1n) is 7.29. The molecule has 4 nitrogen and oxygen atoms in total. The van der Waals surface area contributed by atoms with Crippen LogP contribution >= 0.6 is 11.3 Å². The second kappa shape index (κ2) is 8.04. The molecule has 0 bridgehead atoms. The van der Waals surface area contributed by atoms with E-state index in [9.17, 15) is 4.79 Å². The Bertz CT molecular complexity index is 425. The van der Waals surface area contributed by atoms with Crippen LogP contribution < -0.4 is 0 Å². The van der Waals surface area contributed by atoms with E-state index in [4.69, 9.17) is 4.84 Å². The molecule has 110 valence electrons. The van der Waals surface area contributed by atoms with Crippen LogP contribution in [0.4, 0.5) is 0 Å². The maximum atomic E-state index is 12.2. The highest BCUT2D eigenvalue weighted by molar-refractivity contribution is 7.11. The number of amides is 1. The van der Waals surface area contributed by atoms with Crippen LogP contribution in [-0.4, -0.2) is 36.2 Å². The lowest BCUT2D eigenvalue weighted by Gasteiger charge is -2.33. The average Bonchev–Trinajstić information content (AvgIpc) is 2.99. The third kappa shape index (κ3) is 4.34. The summed E-state index contributed by atoms with van der Waals surface area (Å²) in [6.07, 6.45) is 7.65. The number of nitrogens with zero attached hydrogens (tertiary/aromatic N) is 2. The smallest absolute Gasteiger partial charge is 0.263 e. The average molecular weight is 294 g/mol. The zero-order valence-electron chi connectivity index (χ0n) is 12.0. The van der Waals surface area contributed by atoms with Gasteiger partial charge in [-0.1, -0.05) is 30.5 Å². The van der Waals surface area contributed by atoms with Crippen molar-refractivity contribution in [2.45, 2.75) is 45.1 Å². The van der Waals surface area contributed by atoms with Crippen LogP contribution in [0.25, 0.3) is 0 Å². The van der Waals surface area contributed by atoms with Crippen molar-refractivity contribution in [3.05, 3.63) is 22.4 Å². The molecule has 0 radical (unpaired) electrons. The van der Waals surface area contributed by atoms with Crippen molar-refractivity contribution in [1.29, 1.82) is 0 Å². The number of hydrogen-bond acceptors (Lipinski definition) is 4. The van der Waals surface area contributed by atoms with E-state index >= 15 is 0 Å². The van der Waals surface area contributed by atoms with Gasteiger partial charge >= 0.3 is 0 Å². The van der Waals surface area contributed by atoms with E-state index in [1.54, 1.807) is 17.6 Å². The van der Waals surface area contributed by atoms with Gasteiger partial charge in [-0.2, -0.15) is 0 Å². The van der Waals surface area contributed by atoms with Gasteiger partial charge in [-0.15, -0.1) is 11.3 Å². The SMILES string of the molecule is CCN(C(=O)CON=Cc1cccs1)C1CCCCC1. The van der Waals surface area contributed by atoms with Gasteiger partial charge < -0.3 is 9.74 Å². The van der Waals surface area contributed by atoms with Crippen LogP contribution in [0.5, 0.6) is 0 Å². The molecule has 0 unspecified atom stereocenters. The predicted octanol–water partition coefficient (Wildman–Crippen LogP) is 3.28. The first kappa shape index (κ1) is 15.0. The van der Waals surface area contributed by atoms with Crippen LogP contribution in [-0.2, 0) is 9.63 Å². The van der Waals surface area contributed by atoms with E-state index in [1.807, 2.05) is 29.3 Å². The molecular formula is C15H22N2O2S. The number of carbonyl (C=O) groups excluding carboxylic acids is 1. The zero-order valence-corrected chi connectivity index (χ0v) is 12.8. The molecule has 1 amide bonds. The number of thiophene rings is 1. The van der Waals surface area contributed by atoms with E-state index in [0.29, 0.717) is 6.04 Å². The van der Waals surface area contributed by atoms with Crippen LogP contribution in [0.3, 0.4) is 0 Å². The molecule has 1 saturated carbocycles. The normalized spacial score (nSPS) is 16.4. The molecule has 5 heteroatoms. The lowest BCUT2D eigenvalue weighted by atomic mass is 9.94. The Kier molecular flexibility index (Phi) is 6.05. The molecule has 1 aliphatic carbocycles. The van der Waals surface area contributed by atoms with Gasteiger partial charge in [-0.25, -0.2) is 0 Å². The third-order valence-corrected chi connectivity index (χ3v) is 4.47. The van der Waals surface area contributed by atoms with Crippen molar-refractivity contribution in [1.82, 2.24) is 4.90 Å².